The van der Waals surface area contributed by atoms with E-state index in [-0.39, 0.29) is 5.92 Å². The van der Waals surface area contributed by atoms with Crippen molar-refractivity contribution < 1.29 is 4.79 Å². The maximum Gasteiger partial charge on any atom is 0.143 e. The molecule has 1 nitrogen and oxygen atoms in total. The van der Waals surface area contributed by atoms with Crippen molar-refractivity contribution in [2.24, 2.45) is 11.8 Å². The number of carbonyl (C=O) groups excluding carboxylic acids is 1. The van der Waals surface area contributed by atoms with Gasteiger partial charge in [-0.25, -0.2) is 0 Å². The maximum absolute atomic E-state index is 11.4. The first-order valence-electron chi connectivity index (χ1n) is 4.53. The highest BCUT2D eigenvalue weighted by molar-refractivity contribution is 5.85. The molecular formula is C11H16O. The first-order chi connectivity index (χ1) is 5.65. The molecule has 0 saturated heterocycles. The van der Waals surface area contributed by atoms with Gasteiger partial charge in [0.25, 0.3) is 0 Å². The van der Waals surface area contributed by atoms with E-state index in [1.165, 1.54) is 0 Å². The van der Waals surface area contributed by atoms with Gasteiger partial charge in [-0.05, 0) is 12.3 Å². The summed E-state index contributed by atoms with van der Waals surface area (Å²) in [5, 5.41) is 0. The summed E-state index contributed by atoms with van der Waals surface area (Å²) in [4.78, 5) is 11.4. The monoisotopic (exact) mass is 164 g/mol. The lowest BCUT2D eigenvalue weighted by atomic mass is 9.83. The van der Waals surface area contributed by atoms with Crippen molar-refractivity contribution in [3.8, 4) is 0 Å². The molecule has 0 N–H and O–H groups in total. The Kier molecular flexibility index (Phi) is 2.85. The highest BCUT2D eigenvalue weighted by Gasteiger charge is 2.21. The van der Waals surface area contributed by atoms with Crippen molar-refractivity contribution in [1.82, 2.24) is 0 Å². The van der Waals surface area contributed by atoms with E-state index in [9.17, 15) is 4.79 Å². The van der Waals surface area contributed by atoms with Crippen LogP contribution in [0.2, 0.25) is 0 Å². The molecule has 0 radical (unpaired) electrons. The van der Waals surface area contributed by atoms with Crippen molar-refractivity contribution in [1.29, 1.82) is 0 Å². The van der Waals surface area contributed by atoms with Gasteiger partial charge in [-0.3, -0.25) is 4.79 Å². The Bertz CT molecular complexity index is 225. The van der Waals surface area contributed by atoms with Crippen LogP contribution in [-0.2, 0) is 4.79 Å². The summed E-state index contributed by atoms with van der Waals surface area (Å²) in [6.45, 7) is 7.99. The predicted octanol–water partition coefficient (Wildman–Crippen LogP) is 2.73. The molecule has 66 valence electrons. The van der Waals surface area contributed by atoms with E-state index >= 15 is 0 Å². The first-order valence-corrected chi connectivity index (χ1v) is 4.53. The van der Waals surface area contributed by atoms with Crippen LogP contribution in [0.4, 0.5) is 0 Å². The molecule has 0 bridgehead atoms. The lowest BCUT2D eigenvalue weighted by Crippen LogP contribution is -2.17. The molecule has 0 aromatic heterocycles. The highest BCUT2D eigenvalue weighted by atomic mass is 16.1. The van der Waals surface area contributed by atoms with Crippen molar-refractivity contribution in [2.45, 2.75) is 26.7 Å². The van der Waals surface area contributed by atoms with E-state index in [0.29, 0.717) is 18.1 Å². The Labute approximate surface area is 74.2 Å². The molecular weight excluding hydrogens is 148 g/mol. The summed E-state index contributed by atoms with van der Waals surface area (Å²) in [7, 11) is 0. The Morgan fingerprint density at radius 1 is 1.67 bits per heavy atom. The van der Waals surface area contributed by atoms with Gasteiger partial charge in [0.05, 0.1) is 5.92 Å². The summed E-state index contributed by atoms with van der Waals surface area (Å²) in [6.07, 6.45) is 5.70. The Morgan fingerprint density at radius 3 is 2.83 bits per heavy atom. The molecule has 0 saturated carbocycles. The van der Waals surface area contributed by atoms with Crippen LogP contribution in [0.3, 0.4) is 0 Å². The lowest BCUT2D eigenvalue weighted by molar-refractivity contribution is -0.120. The van der Waals surface area contributed by atoms with Crippen LogP contribution in [0.5, 0.6) is 0 Å². The van der Waals surface area contributed by atoms with Crippen molar-refractivity contribution in [3.05, 3.63) is 24.3 Å². The van der Waals surface area contributed by atoms with Gasteiger partial charge in [0.2, 0.25) is 0 Å². The van der Waals surface area contributed by atoms with Gasteiger partial charge in [-0.15, -0.1) is 0 Å². The van der Waals surface area contributed by atoms with Crippen LogP contribution in [-0.4, -0.2) is 5.78 Å². The number of ketones is 1. The summed E-state index contributed by atoms with van der Waals surface area (Å²) >= 11 is 0. The van der Waals surface area contributed by atoms with E-state index in [1.807, 2.05) is 13.0 Å². The third-order valence-corrected chi connectivity index (χ3v) is 2.35. The van der Waals surface area contributed by atoms with Crippen LogP contribution >= 0.6 is 0 Å². The van der Waals surface area contributed by atoms with E-state index < -0.39 is 0 Å². The third kappa shape index (κ3) is 1.84. The zero-order valence-corrected chi connectivity index (χ0v) is 7.84. The quantitative estimate of drug-likeness (QED) is 0.573. The second-order valence-corrected chi connectivity index (χ2v) is 3.52. The second-order valence-electron chi connectivity index (χ2n) is 3.52. The smallest absolute Gasteiger partial charge is 0.143 e. The summed E-state index contributed by atoms with van der Waals surface area (Å²) in [5.41, 5.74) is 1.08. The van der Waals surface area contributed by atoms with Gasteiger partial charge in [0, 0.05) is 6.42 Å². The molecule has 2 atom stereocenters. The fourth-order valence-electron chi connectivity index (χ4n) is 1.60. The largest absolute Gasteiger partial charge is 0.299 e. The van der Waals surface area contributed by atoms with Crippen LogP contribution in [0.25, 0.3) is 0 Å². The minimum absolute atomic E-state index is 0.00574. The van der Waals surface area contributed by atoms with E-state index in [2.05, 4.69) is 19.6 Å². The average Bonchev–Trinajstić information content (AvgIpc) is 2.03. The fourth-order valence-corrected chi connectivity index (χ4v) is 1.60. The molecule has 12 heavy (non-hydrogen) atoms. The Balaban J connectivity index is 2.73. The van der Waals surface area contributed by atoms with Gasteiger partial charge >= 0.3 is 0 Å². The zero-order valence-electron chi connectivity index (χ0n) is 7.84. The zero-order chi connectivity index (χ0) is 9.14. The number of hydrogen-bond acceptors (Lipinski definition) is 1. The van der Waals surface area contributed by atoms with E-state index in [1.54, 1.807) is 0 Å². The summed E-state index contributed by atoms with van der Waals surface area (Å²) in [6, 6.07) is 0. The third-order valence-electron chi connectivity index (χ3n) is 2.35. The van der Waals surface area contributed by atoms with E-state index in [0.717, 1.165) is 12.0 Å². The number of allylic oxidation sites excluding steroid dienone is 3. The van der Waals surface area contributed by atoms with Gasteiger partial charge in [-0.1, -0.05) is 38.2 Å². The van der Waals surface area contributed by atoms with Gasteiger partial charge in [0.1, 0.15) is 5.78 Å². The molecule has 0 aliphatic heterocycles. The topological polar surface area (TPSA) is 17.1 Å². The summed E-state index contributed by atoms with van der Waals surface area (Å²) in [5.74, 6) is 0.854. The Morgan fingerprint density at radius 2 is 2.33 bits per heavy atom. The number of rotatable bonds is 2. The minimum atomic E-state index is 0.00574. The molecule has 0 aromatic carbocycles. The van der Waals surface area contributed by atoms with Crippen LogP contribution < -0.4 is 0 Å². The molecule has 1 aliphatic rings. The van der Waals surface area contributed by atoms with E-state index in [4.69, 9.17) is 0 Å². The lowest BCUT2D eigenvalue weighted by Gasteiger charge is -2.21. The SMILES string of the molecule is C=C1CC(C)C=CC1C(=O)CC. The van der Waals surface area contributed by atoms with Crippen LogP contribution in [0.1, 0.15) is 26.7 Å². The molecule has 0 spiro atoms. The predicted molar refractivity (Wildman–Crippen MR) is 50.8 cm³/mol. The fraction of sp³-hybridized carbons (Fsp3) is 0.545. The van der Waals surface area contributed by atoms with Gasteiger partial charge < -0.3 is 0 Å². The van der Waals surface area contributed by atoms with Crippen molar-refractivity contribution in [3.63, 3.8) is 0 Å². The van der Waals surface area contributed by atoms with Crippen LogP contribution in [0, 0.1) is 11.8 Å². The molecule has 0 amide bonds. The molecule has 0 heterocycles. The van der Waals surface area contributed by atoms with Gasteiger partial charge in [-0.2, -0.15) is 0 Å². The Hall–Kier alpha value is -0.850. The molecule has 0 aromatic rings. The number of Topliss-reactive ketones (excluding diaryl/α,β-unsaturated/α-hetero) is 1. The average molecular weight is 164 g/mol. The molecule has 1 heteroatoms. The molecule has 0 fully saturated rings. The van der Waals surface area contributed by atoms with Crippen molar-refractivity contribution in [2.75, 3.05) is 0 Å². The number of hydrogen-bond donors (Lipinski definition) is 0. The molecule has 1 aliphatic carbocycles. The standard InChI is InChI=1S/C11H16O/c1-4-11(12)10-6-5-8(2)7-9(10)3/h5-6,8,10H,3-4,7H2,1-2H3. The first kappa shape index (κ1) is 9.24. The second kappa shape index (κ2) is 3.70. The van der Waals surface area contributed by atoms with Crippen LogP contribution in [0.15, 0.2) is 24.3 Å². The molecule has 1 rings (SSSR count). The number of carbonyl (C=O) groups is 1. The summed E-state index contributed by atoms with van der Waals surface area (Å²) < 4.78 is 0. The normalized spacial score (nSPS) is 29.0. The van der Waals surface area contributed by atoms with Crippen molar-refractivity contribution >= 4 is 5.78 Å². The minimum Gasteiger partial charge on any atom is -0.299 e. The van der Waals surface area contributed by atoms with Gasteiger partial charge in [0.15, 0.2) is 0 Å². The molecule has 2 unspecified atom stereocenters. The maximum atomic E-state index is 11.4. The highest BCUT2D eigenvalue weighted by Crippen LogP contribution is 2.27.